The SMILES string of the molecule is Cc1cc(C(=O)Nc2cc(C(O)CCC3CC3)ccc2F)n(-c2cccc(CNC(=O)OC(C)(C)C)c2)n1. The number of amides is 2. The van der Waals surface area contributed by atoms with Crippen LogP contribution in [0.15, 0.2) is 48.5 Å². The van der Waals surface area contributed by atoms with Crippen LogP contribution >= 0.6 is 0 Å². The lowest BCUT2D eigenvalue weighted by Crippen LogP contribution is -2.32. The van der Waals surface area contributed by atoms with Crippen molar-refractivity contribution in [1.82, 2.24) is 15.1 Å². The van der Waals surface area contributed by atoms with Crippen LogP contribution in [0.2, 0.25) is 0 Å². The molecule has 2 amide bonds. The molecule has 3 N–H and O–H groups in total. The summed E-state index contributed by atoms with van der Waals surface area (Å²) in [4.78, 5) is 25.3. The van der Waals surface area contributed by atoms with Gasteiger partial charge in [0.25, 0.3) is 5.91 Å². The number of aliphatic hydroxyl groups excluding tert-OH is 1. The zero-order valence-electron chi connectivity index (χ0n) is 22.3. The fraction of sp³-hybridized carbons (Fsp3) is 0.414. The van der Waals surface area contributed by atoms with Gasteiger partial charge in [-0.05, 0) is 87.9 Å². The van der Waals surface area contributed by atoms with Gasteiger partial charge in [-0.15, -0.1) is 0 Å². The van der Waals surface area contributed by atoms with E-state index in [0.29, 0.717) is 29.3 Å². The van der Waals surface area contributed by atoms with Crippen LogP contribution in [0.3, 0.4) is 0 Å². The fourth-order valence-corrected chi connectivity index (χ4v) is 4.14. The van der Waals surface area contributed by atoms with Crippen LogP contribution in [-0.4, -0.2) is 32.5 Å². The normalized spacial score (nSPS) is 14.2. The molecule has 9 heteroatoms. The maximum absolute atomic E-state index is 14.6. The second-order valence-corrected chi connectivity index (χ2v) is 10.8. The monoisotopic (exact) mass is 522 g/mol. The molecular weight excluding hydrogens is 487 g/mol. The zero-order valence-corrected chi connectivity index (χ0v) is 22.3. The predicted octanol–water partition coefficient (Wildman–Crippen LogP) is 5.82. The van der Waals surface area contributed by atoms with Gasteiger partial charge < -0.3 is 20.5 Å². The molecule has 2 aromatic carbocycles. The smallest absolute Gasteiger partial charge is 0.407 e. The number of hydrogen-bond donors (Lipinski definition) is 3. The summed E-state index contributed by atoms with van der Waals surface area (Å²) in [5, 5.41) is 20.3. The Labute approximate surface area is 222 Å². The summed E-state index contributed by atoms with van der Waals surface area (Å²) < 4.78 is 21.4. The van der Waals surface area contributed by atoms with E-state index >= 15 is 0 Å². The van der Waals surface area contributed by atoms with Crippen LogP contribution in [0.25, 0.3) is 5.69 Å². The number of halogens is 1. The molecule has 0 aliphatic heterocycles. The summed E-state index contributed by atoms with van der Waals surface area (Å²) in [6.07, 6.45) is 2.71. The van der Waals surface area contributed by atoms with Gasteiger partial charge >= 0.3 is 6.09 Å². The van der Waals surface area contributed by atoms with Crippen molar-refractivity contribution in [1.29, 1.82) is 0 Å². The first-order chi connectivity index (χ1) is 18.0. The number of nitrogens with one attached hydrogen (secondary N) is 2. The number of carbonyl (C=O) groups is 2. The van der Waals surface area contributed by atoms with Gasteiger partial charge in [-0.2, -0.15) is 5.10 Å². The molecule has 0 radical (unpaired) electrons. The number of aryl methyl sites for hydroxylation is 1. The van der Waals surface area contributed by atoms with Gasteiger partial charge in [0.1, 0.15) is 17.1 Å². The molecule has 1 unspecified atom stereocenters. The number of benzene rings is 2. The summed E-state index contributed by atoms with van der Waals surface area (Å²) >= 11 is 0. The molecule has 1 aliphatic carbocycles. The molecule has 8 nitrogen and oxygen atoms in total. The van der Waals surface area contributed by atoms with Crippen molar-refractivity contribution >= 4 is 17.7 Å². The Morgan fingerprint density at radius 2 is 1.95 bits per heavy atom. The Balaban J connectivity index is 1.49. The second-order valence-electron chi connectivity index (χ2n) is 10.8. The highest BCUT2D eigenvalue weighted by Crippen LogP contribution is 2.36. The average molecular weight is 523 g/mol. The van der Waals surface area contributed by atoms with Crippen molar-refractivity contribution in [3.63, 3.8) is 0 Å². The number of ether oxygens (including phenoxy) is 1. The standard InChI is InChI=1S/C29H35FN4O4/c1-18-14-25(27(36)32-24-16-21(11-12-23(24)30)26(35)13-10-19-8-9-19)34(33-18)22-7-5-6-20(15-22)17-31-28(37)38-29(2,3)4/h5-7,11-12,14-16,19,26,35H,8-10,13,17H2,1-4H3,(H,31,37)(H,32,36). The highest BCUT2D eigenvalue weighted by atomic mass is 19.1. The third-order valence-corrected chi connectivity index (χ3v) is 6.22. The lowest BCUT2D eigenvalue weighted by molar-refractivity contribution is 0.0523. The zero-order chi connectivity index (χ0) is 27.4. The molecular formula is C29H35FN4O4. The molecule has 38 heavy (non-hydrogen) atoms. The largest absolute Gasteiger partial charge is 0.444 e. The Morgan fingerprint density at radius 3 is 2.66 bits per heavy atom. The van der Waals surface area contributed by atoms with Crippen molar-refractivity contribution in [2.24, 2.45) is 5.92 Å². The molecule has 4 rings (SSSR count). The van der Waals surface area contributed by atoms with Crippen molar-refractivity contribution in [3.8, 4) is 5.69 Å². The van der Waals surface area contributed by atoms with Crippen molar-refractivity contribution in [2.75, 3.05) is 5.32 Å². The number of alkyl carbamates (subject to hydrolysis) is 1. The van der Waals surface area contributed by atoms with Gasteiger partial charge in [0.2, 0.25) is 0 Å². The summed E-state index contributed by atoms with van der Waals surface area (Å²) in [5.74, 6) is -0.444. The third kappa shape index (κ3) is 7.41. The minimum Gasteiger partial charge on any atom is -0.444 e. The van der Waals surface area contributed by atoms with Crippen LogP contribution in [0.1, 0.15) is 79.9 Å². The second kappa shape index (κ2) is 11.3. The minimum absolute atomic E-state index is 0.00122. The first-order valence-electron chi connectivity index (χ1n) is 12.9. The van der Waals surface area contributed by atoms with E-state index in [0.717, 1.165) is 12.0 Å². The maximum Gasteiger partial charge on any atom is 0.407 e. The summed E-state index contributed by atoms with van der Waals surface area (Å²) in [6, 6.07) is 13.1. The first-order valence-corrected chi connectivity index (χ1v) is 12.9. The lowest BCUT2D eigenvalue weighted by Gasteiger charge is -2.19. The van der Waals surface area contributed by atoms with Gasteiger partial charge in [-0.25, -0.2) is 13.9 Å². The molecule has 1 atom stereocenters. The van der Waals surface area contributed by atoms with Crippen LogP contribution in [0.4, 0.5) is 14.9 Å². The maximum atomic E-state index is 14.6. The molecule has 1 aromatic heterocycles. The highest BCUT2D eigenvalue weighted by molar-refractivity contribution is 6.03. The highest BCUT2D eigenvalue weighted by Gasteiger charge is 2.23. The van der Waals surface area contributed by atoms with Gasteiger partial charge in [-0.1, -0.05) is 31.0 Å². The van der Waals surface area contributed by atoms with E-state index in [1.807, 2.05) is 6.07 Å². The Kier molecular flexibility index (Phi) is 8.16. The molecule has 0 spiro atoms. The fourth-order valence-electron chi connectivity index (χ4n) is 4.14. The number of aliphatic hydroxyl groups is 1. The summed E-state index contributed by atoms with van der Waals surface area (Å²) in [5.41, 5.74) is 2.18. The van der Waals surface area contributed by atoms with Crippen LogP contribution in [0.5, 0.6) is 0 Å². The van der Waals surface area contributed by atoms with Crippen LogP contribution < -0.4 is 10.6 Å². The predicted molar refractivity (Wildman–Crippen MR) is 143 cm³/mol. The Morgan fingerprint density at radius 1 is 1.18 bits per heavy atom. The van der Waals surface area contributed by atoms with Gasteiger partial charge in [0, 0.05) is 6.54 Å². The Bertz CT molecular complexity index is 1310. The van der Waals surface area contributed by atoms with E-state index in [9.17, 15) is 19.1 Å². The van der Waals surface area contributed by atoms with Crippen LogP contribution in [0, 0.1) is 18.7 Å². The molecule has 1 fully saturated rings. The van der Waals surface area contributed by atoms with E-state index in [1.54, 1.807) is 58.0 Å². The third-order valence-electron chi connectivity index (χ3n) is 6.22. The number of rotatable bonds is 9. The van der Waals surface area contributed by atoms with E-state index in [4.69, 9.17) is 4.74 Å². The van der Waals surface area contributed by atoms with Crippen molar-refractivity contribution in [2.45, 2.75) is 71.6 Å². The van der Waals surface area contributed by atoms with Gasteiger partial charge in [-0.3, -0.25) is 4.79 Å². The molecule has 3 aromatic rings. The topological polar surface area (TPSA) is 105 Å². The molecule has 1 saturated carbocycles. The van der Waals surface area contributed by atoms with E-state index in [1.165, 1.54) is 29.7 Å². The minimum atomic E-state index is -0.711. The van der Waals surface area contributed by atoms with E-state index < -0.39 is 29.5 Å². The lowest BCUT2D eigenvalue weighted by atomic mass is 10.0. The van der Waals surface area contributed by atoms with Crippen LogP contribution in [-0.2, 0) is 11.3 Å². The first kappa shape index (κ1) is 27.3. The molecule has 1 heterocycles. The van der Waals surface area contributed by atoms with Crippen molar-refractivity contribution < 1.29 is 23.8 Å². The van der Waals surface area contributed by atoms with Gasteiger partial charge in [0.05, 0.1) is 23.2 Å². The van der Waals surface area contributed by atoms with Gasteiger partial charge in [0.15, 0.2) is 0 Å². The number of carbonyl (C=O) groups excluding carboxylic acids is 2. The van der Waals surface area contributed by atoms with Crippen molar-refractivity contribution in [3.05, 3.63) is 76.9 Å². The molecule has 202 valence electrons. The summed E-state index contributed by atoms with van der Waals surface area (Å²) in [7, 11) is 0. The summed E-state index contributed by atoms with van der Waals surface area (Å²) in [6.45, 7) is 7.36. The number of aromatic nitrogens is 2. The molecule has 1 aliphatic rings. The average Bonchev–Trinajstić information content (AvgIpc) is 3.60. The Hall–Kier alpha value is -3.72. The number of nitrogens with zero attached hydrogens (tertiary/aromatic N) is 2. The quantitative estimate of drug-likeness (QED) is 0.328. The van der Waals surface area contributed by atoms with E-state index in [-0.39, 0.29) is 17.9 Å². The number of anilines is 1. The molecule has 0 saturated heterocycles. The number of hydrogen-bond acceptors (Lipinski definition) is 5. The van der Waals surface area contributed by atoms with E-state index in [2.05, 4.69) is 15.7 Å². The molecule has 0 bridgehead atoms.